The molecule has 0 aromatic rings. The number of likely N-dealkylation sites (tertiary alicyclic amines) is 1. The molecule has 0 spiro atoms. The molecule has 1 aliphatic heterocycles. The molecule has 5 atom stereocenters. The number of ether oxygens (including phenoxy) is 1. The van der Waals surface area contributed by atoms with Gasteiger partial charge in [-0.25, -0.2) is 9.59 Å². The van der Waals surface area contributed by atoms with Crippen molar-refractivity contribution in [2.75, 3.05) is 26.2 Å². The number of amides is 3. The summed E-state index contributed by atoms with van der Waals surface area (Å²) in [5.74, 6) is 1.85. The topological polar surface area (TPSA) is 90.9 Å². The van der Waals surface area contributed by atoms with E-state index in [1.807, 2.05) is 12.2 Å². The second kappa shape index (κ2) is 15.8. The third-order valence-electron chi connectivity index (χ3n) is 7.44. The van der Waals surface area contributed by atoms with E-state index in [0.29, 0.717) is 49.7 Å². The fraction of sp³-hybridized carbons (Fsp3) is 0.778. The summed E-state index contributed by atoms with van der Waals surface area (Å²) >= 11 is 0. The Morgan fingerprint density at radius 2 is 1.82 bits per heavy atom. The molecule has 0 radical (unpaired) electrons. The standard InChI is InChI=1S/C27H47N3O4/c1-4-24(5-2)21(3)12-8-10-17-34-27(33)29-20-23-14-11-13-22(18-23)19-28-26(32)30-16-9-6-7-15-25(30)31/h4,8,10,21-25,31H,1,5-7,9,11-20H2,2-3H3,(H,28,32)(H,29,33)/b10-8+/t21-,22?,23?,24?,25?/m0/s1. The number of hydrogen-bond acceptors (Lipinski definition) is 4. The highest BCUT2D eigenvalue weighted by atomic mass is 16.5. The zero-order valence-corrected chi connectivity index (χ0v) is 21.3. The third kappa shape index (κ3) is 10.1. The molecule has 2 fully saturated rings. The van der Waals surface area contributed by atoms with Crippen LogP contribution >= 0.6 is 0 Å². The monoisotopic (exact) mass is 477 g/mol. The molecule has 2 aliphatic rings. The fourth-order valence-electron chi connectivity index (χ4n) is 5.19. The number of aliphatic hydroxyl groups is 1. The van der Waals surface area contributed by atoms with Crippen molar-refractivity contribution < 1.29 is 19.4 Å². The smallest absolute Gasteiger partial charge is 0.407 e. The van der Waals surface area contributed by atoms with Gasteiger partial charge in [0.2, 0.25) is 0 Å². The normalized spacial score (nSPS) is 25.3. The molecular formula is C27H47N3O4. The Morgan fingerprint density at radius 3 is 2.53 bits per heavy atom. The van der Waals surface area contributed by atoms with Gasteiger partial charge in [-0.2, -0.15) is 0 Å². The highest BCUT2D eigenvalue weighted by molar-refractivity contribution is 5.74. The average molecular weight is 478 g/mol. The van der Waals surface area contributed by atoms with Gasteiger partial charge in [0.05, 0.1) is 0 Å². The first kappa shape index (κ1) is 28.2. The molecule has 194 valence electrons. The molecule has 3 N–H and O–H groups in total. The molecule has 0 aromatic carbocycles. The summed E-state index contributed by atoms with van der Waals surface area (Å²) in [5, 5.41) is 16.1. The molecule has 0 aromatic heterocycles. The van der Waals surface area contributed by atoms with E-state index < -0.39 is 6.23 Å². The van der Waals surface area contributed by atoms with Gasteiger partial charge in [0.25, 0.3) is 0 Å². The van der Waals surface area contributed by atoms with Crippen molar-refractivity contribution >= 4 is 12.1 Å². The van der Waals surface area contributed by atoms with E-state index >= 15 is 0 Å². The first-order valence-electron chi connectivity index (χ1n) is 13.3. The van der Waals surface area contributed by atoms with E-state index in [0.717, 1.165) is 57.8 Å². The zero-order chi connectivity index (χ0) is 24.8. The summed E-state index contributed by atoms with van der Waals surface area (Å²) in [7, 11) is 0. The lowest BCUT2D eigenvalue weighted by Gasteiger charge is -2.31. The number of rotatable bonds is 11. The predicted molar refractivity (Wildman–Crippen MR) is 136 cm³/mol. The number of carbonyl (C=O) groups is 2. The Kier molecular flexibility index (Phi) is 13.1. The lowest BCUT2D eigenvalue weighted by molar-refractivity contribution is 0.0306. The van der Waals surface area contributed by atoms with Gasteiger partial charge >= 0.3 is 12.1 Å². The van der Waals surface area contributed by atoms with Crippen molar-refractivity contribution in [3.63, 3.8) is 0 Å². The summed E-state index contributed by atoms with van der Waals surface area (Å²) in [6, 6.07) is -0.157. The molecule has 7 heteroatoms. The third-order valence-corrected chi connectivity index (χ3v) is 7.44. The van der Waals surface area contributed by atoms with Crippen LogP contribution in [0.1, 0.15) is 78.1 Å². The SMILES string of the molecule is C=CC(CC)[C@@H](C)C/C=C/COC(=O)NCC1CCCC(CNC(=O)N2CCCCCC2O)C1. The molecule has 3 amide bonds. The van der Waals surface area contributed by atoms with Crippen LogP contribution in [-0.4, -0.2) is 54.6 Å². The van der Waals surface area contributed by atoms with Crippen LogP contribution < -0.4 is 10.6 Å². The van der Waals surface area contributed by atoms with Gasteiger partial charge in [0.1, 0.15) is 12.8 Å². The van der Waals surface area contributed by atoms with E-state index in [2.05, 4.69) is 37.1 Å². The minimum absolute atomic E-state index is 0.157. The van der Waals surface area contributed by atoms with Gasteiger partial charge in [-0.1, -0.05) is 44.9 Å². The number of allylic oxidation sites excluding steroid dienone is 2. The Morgan fingerprint density at radius 1 is 1.09 bits per heavy atom. The minimum atomic E-state index is -0.671. The molecule has 2 rings (SSSR count). The quantitative estimate of drug-likeness (QED) is 0.356. The molecule has 34 heavy (non-hydrogen) atoms. The summed E-state index contributed by atoms with van der Waals surface area (Å²) < 4.78 is 5.28. The molecule has 7 nitrogen and oxygen atoms in total. The minimum Gasteiger partial charge on any atom is -0.445 e. The summed E-state index contributed by atoms with van der Waals surface area (Å²) in [5.41, 5.74) is 0. The molecular weight excluding hydrogens is 430 g/mol. The molecule has 1 saturated heterocycles. The van der Waals surface area contributed by atoms with Crippen LogP contribution in [0.25, 0.3) is 0 Å². The van der Waals surface area contributed by atoms with Gasteiger partial charge in [-0.3, -0.25) is 4.90 Å². The Balaban J connectivity index is 1.61. The largest absolute Gasteiger partial charge is 0.445 e. The highest BCUT2D eigenvalue weighted by Crippen LogP contribution is 2.28. The van der Waals surface area contributed by atoms with Gasteiger partial charge < -0.3 is 20.5 Å². The van der Waals surface area contributed by atoms with Crippen molar-refractivity contribution in [3.05, 3.63) is 24.8 Å². The first-order valence-corrected chi connectivity index (χ1v) is 13.3. The van der Waals surface area contributed by atoms with E-state index in [-0.39, 0.29) is 18.7 Å². The van der Waals surface area contributed by atoms with Crippen LogP contribution in [0.3, 0.4) is 0 Å². The Labute approximate surface area is 206 Å². The lowest BCUT2D eigenvalue weighted by Crippen LogP contribution is -2.47. The van der Waals surface area contributed by atoms with Crippen molar-refractivity contribution in [1.29, 1.82) is 0 Å². The van der Waals surface area contributed by atoms with Crippen LogP contribution in [0.4, 0.5) is 9.59 Å². The second-order valence-corrected chi connectivity index (χ2v) is 10.1. The van der Waals surface area contributed by atoms with Gasteiger partial charge in [-0.05, 0) is 75.0 Å². The second-order valence-electron chi connectivity index (χ2n) is 10.1. The molecule has 4 unspecified atom stereocenters. The zero-order valence-electron chi connectivity index (χ0n) is 21.3. The molecule has 1 saturated carbocycles. The van der Waals surface area contributed by atoms with Gasteiger partial charge in [0.15, 0.2) is 0 Å². The summed E-state index contributed by atoms with van der Waals surface area (Å²) in [6.07, 6.45) is 14.9. The number of aliphatic hydroxyl groups excluding tert-OH is 1. The number of nitrogens with one attached hydrogen (secondary N) is 2. The summed E-state index contributed by atoms with van der Waals surface area (Å²) in [6.45, 7) is 10.4. The Hall–Kier alpha value is -2.02. The number of hydrogen-bond donors (Lipinski definition) is 3. The van der Waals surface area contributed by atoms with E-state index in [9.17, 15) is 14.7 Å². The van der Waals surface area contributed by atoms with Crippen LogP contribution in [0, 0.1) is 23.7 Å². The molecule has 1 aliphatic carbocycles. The van der Waals surface area contributed by atoms with Gasteiger partial charge in [-0.15, -0.1) is 6.58 Å². The van der Waals surface area contributed by atoms with Crippen molar-refractivity contribution in [2.45, 2.75) is 84.3 Å². The maximum atomic E-state index is 12.5. The van der Waals surface area contributed by atoms with E-state index in [1.165, 1.54) is 0 Å². The van der Waals surface area contributed by atoms with Crippen LogP contribution in [0.5, 0.6) is 0 Å². The number of alkyl carbamates (subject to hydrolysis) is 1. The first-order chi connectivity index (χ1) is 16.4. The maximum Gasteiger partial charge on any atom is 0.407 e. The average Bonchev–Trinajstić information content (AvgIpc) is 3.06. The Bertz CT molecular complexity index is 654. The highest BCUT2D eigenvalue weighted by Gasteiger charge is 2.26. The van der Waals surface area contributed by atoms with E-state index in [4.69, 9.17) is 4.74 Å². The molecule has 1 heterocycles. The summed E-state index contributed by atoms with van der Waals surface area (Å²) in [4.78, 5) is 26.1. The predicted octanol–water partition coefficient (Wildman–Crippen LogP) is 5.22. The van der Waals surface area contributed by atoms with Crippen molar-refractivity contribution in [1.82, 2.24) is 15.5 Å². The maximum absolute atomic E-state index is 12.5. The van der Waals surface area contributed by atoms with Gasteiger partial charge in [0, 0.05) is 19.6 Å². The molecule has 0 bridgehead atoms. The van der Waals surface area contributed by atoms with Crippen molar-refractivity contribution in [3.8, 4) is 0 Å². The van der Waals surface area contributed by atoms with Crippen molar-refractivity contribution in [2.24, 2.45) is 23.7 Å². The fourth-order valence-corrected chi connectivity index (χ4v) is 5.19. The number of nitrogens with zero attached hydrogens (tertiary/aromatic N) is 1. The lowest BCUT2D eigenvalue weighted by atomic mass is 9.81. The van der Waals surface area contributed by atoms with Crippen LogP contribution in [0.15, 0.2) is 24.8 Å². The van der Waals surface area contributed by atoms with Crippen LogP contribution in [0.2, 0.25) is 0 Å². The van der Waals surface area contributed by atoms with E-state index in [1.54, 1.807) is 4.90 Å². The number of urea groups is 1. The van der Waals surface area contributed by atoms with Crippen LogP contribution in [-0.2, 0) is 4.74 Å². The number of carbonyl (C=O) groups excluding carboxylic acids is 2.